The van der Waals surface area contributed by atoms with Gasteiger partial charge in [-0.15, -0.1) is 0 Å². The average Bonchev–Trinajstić information content (AvgIpc) is 2.63. The number of hydrogen-bond donors (Lipinski definition) is 2. The number of rotatable bonds is 3. The van der Waals surface area contributed by atoms with Crippen LogP contribution in [-0.4, -0.2) is 30.5 Å². The highest BCUT2D eigenvalue weighted by Gasteiger charge is 2.25. The molecule has 1 saturated heterocycles. The summed E-state index contributed by atoms with van der Waals surface area (Å²) in [5.74, 6) is 0. The summed E-state index contributed by atoms with van der Waals surface area (Å²) in [4.78, 5) is 0. The third kappa shape index (κ3) is 2.92. The van der Waals surface area contributed by atoms with Gasteiger partial charge in [-0.25, -0.2) is 0 Å². The summed E-state index contributed by atoms with van der Waals surface area (Å²) < 4.78 is 5.14. The van der Waals surface area contributed by atoms with Crippen molar-refractivity contribution in [3.63, 3.8) is 0 Å². The summed E-state index contributed by atoms with van der Waals surface area (Å²) in [6.45, 7) is 1.73. The fraction of sp³-hybridized carbons (Fsp3) is 0.455. The molecule has 0 aromatic heterocycles. The molecule has 1 aliphatic heterocycles. The lowest BCUT2D eigenvalue weighted by atomic mass is 10.2. The van der Waals surface area contributed by atoms with Gasteiger partial charge in [0.15, 0.2) is 0 Å². The van der Waals surface area contributed by atoms with Gasteiger partial charge in [-0.3, -0.25) is 0 Å². The van der Waals surface area contributed by atoms with Gasteiger partial charge in [0.25, 0.3) is 0 Å². The SMILES string of the molecule is O[C@H]1COC[C@H]1NCc1ccc(Cl)cc1. The summed E-state index contributed by atoms with van der Waals surface area (Å²) in [5.41, 5.74) is 1.15. The fourth-order valence-corrected chi connectivity index (χ4v) is 1.72. The fourth-order valence-electron chi connectivity index (χ4n) is 1.59. The molecule has 1 aromatic carbocycles. The molecular weight excluding hydrogens is 214 g/mol. The molecule has 82 valence electrons. The maximum atomic E-state index is 9.50. The molecule has 15 heavy (non-hydrogen) atoms. The normalized spacial score (nSPS) is 25.7. The summed E-state index contributed by atoms with van der Waals surface area (Å²) in [7, 11) is 0. The summed E-state index contributed by atoms with van der Waals surface area (Å²) in [6.07, 6.45) is -0.391. The van der Waals surface area contributed by atoms with Crippen molar-refractivity contribution in [1.82, 2.24) is 5.32 Å². The quantitative estimate of drug-likeness (QED) is 0.815. The van der Waals surface area contributed by atoms with Gasteiger partial charge >= 0.3 is 0 Å². The molecule has 1 heterocycles. The Labute approximate surface area is 94.0 Å². The van der Waals surface area contributed by atoms with Gasteiger partial charge in [-0.2, -0.15) is 0 Å². The summed E-state index contributed by atoms with van der Waals surface area (Å²) >= 11 is 5.78. The molecule has 1 aliphatic rings. The van der Waals surface area contributed by atoms with Gasteiger partial charge in [-0.05, 0) is 17.7 Å². The topological polar surface area (TPSA) is 41.5 Å². The molecule has 0 radical (unpaired) electrons. The van der Waals surface area contributed by atoms with Crippen LogP contribution in [0.3, 0.4) is 0 Å². The number of benzene rings is 1. The van der Waals surface area contributed by atoms with Crippen LogP contribution >= 0.6 is 11.6 Å². The zero-order valence-electron chi connectivity index (χ0n) is 8.32. The molecule has 1 fully saturated rings. The van der Waals surface area contributed by atoms with Gasteiger partial charge < -0.3 is 15.2 Å². The minimum atomic E-state index is -0.391. The van der Waals surface area contributed by atoms with Crippen molar-refractivity contribution in [2.75, 3.05) is 13.2 Å². The van der Waals surface area contributed by atoms with Crippen molar-refractivity contribution in [2.24, 2.45) is 0 Å². The van der Waals surface area contributed by atoms with E-state index in [-0.39, 0.29) is 6.04 Å². The van der Waals surface area contributed by atoms with Gasteiger partial charge in [0, 0.05) is 11.6 Å². The summed E-state index contributed by atoms with van der Waals surface area (Å²) in [5, 5.41) is 13.5. The van der Waals surface area contributed by atoms with E-state index >= 15 is 0 Å². The van der Waals surface area contributed by atoms with Crippen LogP contribution < -0.4 is 5.32 Å². The van der Waals surface area contributed by atoms with E-state index in [0.717, 1.165) is 17.1 Å². The largest absolute Gasteiger partial charge is 0.389 e. The predicted octanol–water partition coefficient (Wildman–Crippen LogP) is 1.19. The lowest BCUT2D eigenvalue weighted by molar-refractivity contribution is 0.122. The number of halogens is 1. The van der Waals surface area contributed by atoms with E-state index < -0.39 is 6.10 Å². The molecule has 3 nitrogen and oxygen atoms in total. The second kappa shape index (κ2) is 4.94. The molecule has 2 rings (SSSR count). The molecule has 4 heteroatoms. The molecule has 0 spiro atoms. The van der Waals surface area contributed by atoms with Gasteiger partial charge in [-0.1, -0.05) is 23.7 Å². The highest BCUT2D eigenvalue weighted by molar-refractivity contribution is 6.30. The number of nitrogens with one attached hydrogen (secondary N) is 1. The Hall–Kier alpha value is -0.610. The van der Waals surface area contributed by atoms with Crippen molar-refractivity contribution < 1.29 is 9.84 Å². The van der Waals surface area contributed by atoms with E-state index in [4.69, 9.17) is 16.3 Å². The first-order valence-corrected chi connectivity index (χ1v) is 5.37. The Kier molecular flexibility index (Phi) is 3.59. The predicted molar refractivity (Wildman–Crippen MR) is 58.9 cm³/mol. The second-order valence-corrected chi connectivity index (χ2v) is 4.16. The minimum Gasteiger partial charge on any atom is -0.389 e. The first-order valence-electron chi connectivity index (χ1n) is 4.99. The maximum absolute atomic E-state index is 9.50. The zero-order valence-corrected chi connectivity index (χ0v) is 9.07. The molecule has 0 aliphatic carbocycles. The molecule has 1 aromatic rings. The first-order chi connectivity index (χ1) is 7.25. The van der Waals surface area contributed by atoms with Crippen LogP contribution in [0.25, 0.3) is 0 Å². The van der Waals surface area contributed by atoms with E-state index in [1.54, 1.807) is 0 Å². The molecular formula is C11H14ClNO2. The van der Waals surface area contributed by atoms with Crippen molar-refractivity contribution in [2.45, 2.75) is 18.7 Å². The minimum absolute atomic E-state index is 0.0423. The number of aliphatic hydroxyl groups is 1. The Bertz CT molecular complexity index is 315. The van der Waals surface area contributed by atoms with Crippen molar-refractivity contribution in [3.05, 3.63) is 34.9 Å². The smallest absolute Gasteiger partial charge is 0.0948 e. The monoisotopic (exact) mass is 227 g/mol. The number of ether oxygens (including phenoxy) is 1. The Morgan fingerprint density at radius 2 is 2.07 bits per heavy atom. The van der Waals surface area contributed by atoms with Crippen LogP contribution in [-0.2, 0) is 11.3 Å². The molecule has 0 bridgehead atoms. The third-order valence-corrected chi connectivity index (χ3v) is 2.78. The lowest BCUT2D eigenvalue weighted by Crippen LogP contribution is -2.38. The van der Waals surface area contributed by atoms with E-state index in [1.807, 2.05) is 24.3 Å². The number of aliphatic hydroxyl groups excluding tert-OH is 1. The van der Waals surface area contributed by atoms with Gasteiger partial charge in [0.1, 0.15) is 0 Å². The Balaban J connectivity index is 1.85. The maximum Gasteiger partial charge on any atom is 0.0948 e. The number of hydrogen-bond acceptors (Lipinski definition) is 3. The van der Waals surface area contributed by atoms with E-state index in [1.165, 1.54) is 0 Å². The first kappa shape index (κ1) is 10.9. The highest BCUT2D eigenvalue weighted by Crippen LogP contribution is 2.10. The van der Waals surface area contributed by atoms with Crippen molar-refractivity contribution >= 4 is 11.6 Å². The Morgan fingerprint density at radius 3 is 2.67 bits per heavy atom. The molecule has 0 unspecified atom stereocenters. The van der Waals surface area contributed by atoms with Crippen LogP contribution in [0.4, 0.5) is 0 Å². The van der Waals surface area contributed by atoms with Crippen LogP contribution in [0.15, 0.2) is 24.3 Å². The van der Waals surface area contributed by atoms with E-state index in [9.17, 15) is 5.11 Å². The van der Waals surface area contributed by atoms with Gasteiger partial charge in [0.05, 0.1) is 25.4 Å². The van der Waals surface area contributed by atoms with Gasteiger partial charge in [0.2, 0.25) is 0 Å². The van der Waals surface area contributed by atoms with E-state index in [0.29, 0.717) is 13.2 Å². The second-order valence-electron chi connectivity index (χ2n) is 3.72. The molecule has 0 saturated carbocycles. The third-order valence-electron chi connectivity index (χ3n) is 2.53. The van der Waals surface area contributed by atoms with Crippen LogP contribution in [0.1, 0.15) is 5.56 Å². The zero-order chi connectivity index (χ0) is 10.7. The van der Waals surface area contributed by atoms with Crippen molar-refractivity contribution in [1.29, 1.82) is 0 Å². The molecule has 0 amide bonds. The molecule has 2 N–H and O–H groups in total. The lowest BCUT2D eigenvalue weighted by Gasteiger charge is -2.14. The average molecular weight is 228 g/mol. The highest BCUT2D eigenvalue weighted by atomic mass is 35.5. The summed E-state index contributed by atoms with van der Waals surface area (Å²) in [6, 6.07) is 7.70. The van der Waals surface area contributed by atoms with Crippen molar-refractivity contribution in [3.8, 4) is 0 Å². The van der Waals surface area contributed by atoms with Crippen LogP contribution in [0.2, 0.25) is 5.02 Å². The van der Waals surface area contributed by atoms with Crippen LogP contribution in [0.5, 0.6) is 0 Å². The van der Waals surface area contributed by atoms with Crippen LogP contribution in [0, 0.1) is 0 Å². The Morgan fingerprint density at radius 1 is 1.33 bits per heavy atom. The standard InChI is InChI=1S/C11H14ClNO2/c12-9-3-1-8(2-4-9)5-13-10-6-15-7-11(10)14/h1-4,10-11,13-14H,5-7H2/t10-,11+/m1/s1. The molecule has 2 atom stereocenters. The van der Waals surface area contributed by atoms with E-state index in [2.05, 4.69) is 5.32 Å².